The third-order valence-electron chi connectivity index (χ3n) is 4.11. The Hall–Kier alpha value is -2.25. The Morgan fingerprint density at radius 1 is 1.19 bits per heavy atom. The maximum absolute atomic E-state index is 12.8. The molecule has 2 rings (SSSR count). The number of aryl methyl sites for hydroxylation is 2. The second kappa shape index (κ2) is 8.19. The lowest BCUT2D eigenvalue weighted by molar-refractivity contribution is -0.116. The average Bonchev–Trinajstić information content (AvgIpc) is 2.57. The minimum atomic E-state index is -3.73. The van der Waals surface area contributed by atoms with Gasteiger partial charge in [-0.15, -0.1) is 0 Å². The van der Waals surface area contributed by atoms with E-state index in [0.29, 0.717) is 22.1 Å². The number of sulfonamides is 1. The lowest BCUT2D eigenvalue weighted by Gasteiger charge is -2.28. The van der Waals surface area contributed by atoms with Crippen LogP contribution >= 0.6 is 11.6 Å². The SMILES string of the molecule is COc1ccc(C)cc1NC(=O)C(C)N(c1ccc(C)c(Cl)c1)S(C)(=O)=O. The summed E-state index contributed by atoms with van der Waals surface area (Å²) >= 11 is 6.14. The molecule has 0 aromatic heterocycles. The Labute approximate surface area is 165 Å². The van der Waals surface area contributed by atoms with Gasteiger partial charge in [-0.25, -0.2) is 8.42 Å². The van der Waals surface area contributed by atoms with Crippen LogP contribution in [0.15, 0.2) is 36.4 Å². The lowest BCUT2D eigenvalue weighted by atomic mass is 10.2. The first kappa shape index (κ1) is 21.1. The van der Waals surface area contributed by atoms with Crippen molar-refractivity contribution in [3.05, 3.63) is 52.5 Å². The predicted octanol–water partition coefficient (Wildman–Crippen LogP) is 3.76. The number of hydrogen-bond acceptors (Lipinski definition) is 4. The Bertz CT molecular complexity index is 960. The van der Waals surface area contributed by atoms with Crippen molar-refractivity contribution in [1.29, 1.82) is 0 Å². The van der Waals surface area contributed by atoms with E-state index in [1.54, 1.807) is 24.3 Å². The normalized spacial score (nSPS) is 12.4. The molecule has 8 heteroatoms. The summed E-state index contributed by atoms with van der Waals surface area (Å²) in [5.74, 6) is 0.00598. The average molecular weight is 411 g/mol. The van der Waals surface area contributed by atoms with Crippen LogP contribution in [-0.2, 0) is 14.8 Å². The standard InChI is InChI=1S/C19H23ClN2O4S/c1-12-6-9-18(26-4)17(10-12)21-19(23)14(3)22(27(5,24)25)15-8-7-13(2)16(20)11-15/h6-11,14H,1-5H3,(H,21,23). The molecular weight excluding hydrogens is 388 g/mol. The summed E-state index contributed by atoms with van der Waals surface area (Å²) in [6, 6.07) is 9.23. The summed E-state index contributed by atoms with van der Waals surface area (Å²) in [7, 11) is -2.22. The molecule has 1 N–H and O–H groups in total. The summed E-state index contributed by atoms with van der Waals surface area (Å²) in [6.07, 6.45) is 1.05. The Balaban J connectivity index is 2.38. The summed E-state index contributed by atoms with van der Waals surface area (Å²) in [5.41, 5.74) is 2.55. The summed E-state index contributed by atoms with van der Waals surface area (Å²) in [4.78, 5) is 12.8. The third-order valence-corrected chi connectivity index (χ3v) is 5.76. The quantitative estimate of drug-likeness (QED) is 0.786. The van der Waals surface area contributed by atoms with Crippen LogP contribution in [-0.4, -0.2) is 33.7 Å². The first-order chi connectivity index (χ1) is 12.5. The van der Waals surface area contributed by atoms with Crippen LogP contribution in [0.2, 0.25) is 5.02 Å². The van der Waals surface area contributed by atoms with Crippen molar-refractivity contribution >= 4 is 38.9 Å². The largest absolute Gasteiger partial charge is 0.495 e. The number of ether oxygens (including phenoxy) is 1. The Morgan fingerprint density at radius 3 is 2.41 bits per heavy atom. The Morgan fingerprint density at radius 2 is 1.85 bits per heavy atom. The van der Waals surface area contributed by atoms with Gasteiger partial charge in [-0.2, -0.15) is 0 Å². The predicted molar refractivity (Wildman–Crippen MR) is 109 cm³/mol. The number of methoxy groups -OCH3 is 1. The minimum Gasteiger partial charge on any atom is -0.495 e. The highest BCUT2D eigenvalue weighted by molar-refractivity contribution is 7.92. The molecule has 0 spiro atoms. The molecule has 0 aliphatic rings. The highest BCUT2D eigenvalue weighted by atomic mass is 35.5. The molecule has 0 saturated carbocycles. The lowest BCUT2D eigenvalue weighted by Crippen LogP contribution is -2.45. The number of nitrogens with zero attached hydrogens (tertiary/aromatic N) is 1. The molecule has 0 saturated heterocycles. The monoisotopic (exact) mass is 410 g/mol. The van der Waals surface area contributed by atoms with Gasteiger partial charge in [0.15, 0.2) is 0 Å². The topological polar surface area (TPSA) is 75.7 Å². The molecule has 1 amide bonds. The van der Waals surface area contributed by atoms with Gasteiger partial charge in [0.2, 0.25) is 15.9 Å². The maximum atomic E-state index is 12.8. The van der Waals surface area contributed by atoms with E-state index in [4.69, 9.17) is 16.3 Å². The van der Waals surface area contributed by atoms with Gasteiger partial charge in [-0.05, 0) is 56.2 Å². The van der Waals surface area contributed by atoms with Gasteiger partial charge in [0.05, 0.1) is 24.7 Å². The molecule has 146 valence electrons. The van der Waals surface area contributed by atoms with Crippen molar-refractivity contribution in [3.8, 4) is 5.75 Å². The highest BCUT2D eigenvalue weighted by Gasteiger charge is 2.30. The van der Waals surface area contributed by atoms with Crippen LogP contribution in [0.1, 0.15) is 18.1 Å². The summed E-state index contributed by atoms with van der Waals surface area (Å²) in [5, 5.41) is 3.17. The molecule has 1 unspecified atom stereocenters. The number of hydrogen-bond donors (Lipinski definition) is 1. The molecule has 0 aliphatic carbocycles. The van der Waals surface area contributed by atoms with Gasteiger partial charge in [0.25, 0.3) is 0 Å². The zero-order valence-electron chi connectivity index (χ0n) is 15.9. The van der Waals surface area contributed by atoms with Crippen molar-refractivity contribution in [3.63, 3.8) is 0 Å². The molecule has 0 aliphatic heterocycles. The summed E-state index contributed by atoms with van der Waals surface area (Å²) in [6.45, 7) is 5.22. The van der Waals surface area contributed by atoms with Gasteiger partial charge in [-0.1, -0.05) is 23.7 Å². The van der Waals surface area contributed by atoms with E-state index in [2.05, 4.69) is 5.32 Å². The fourth-order valence-electron chi connectivity index (χ4n) is 2.68. The number of carbonyl (C=O) groups is 1. The van der Waals surface area contributed by atoms with Crippen molar-refractivity contribution in [1.82, 2.24) is 0 Å². The van der Waals surface area contributed by atoms with Gasteiger partial charge in [0.1, 0.15) is 11.8 Å². The smallest absolute Gasteiger partial charge is 0.248 e. The first-order valence-electron chi connectivity index (χ1n) is 8.25. The van der Waals surface area contributed by atoms with Crippen LogP contribution in [0.4, 0.5) is 11.4 Å². The van der Waals surface area contributed by atoms with E-state index in [0.717, 1.165) is 21.7 Å². The fourth-order valence-corrected chi connectivity index (χ4v) is 4.03. The van der Waals surface area contributed by atoms with E-state index >= 15 is 0 Å². The molecular formula is C19H23ClN2O4S. The van der Waals surface area contributed by atoms with Gasteiger partial charge in [0, 0.05) is 5.02 Å². The van der Waals surface area contributed by atoms with Crippen LogP contribution in [0.25, 0.3) is 0 Å². The third kappa shape index (κ3) is 4.93. The number of nitrogens with one attached hydrogen (secondary N) is 1. The molecule has 0 heterocycles. The number of carbonyl (C=O) groups excluding carboxylic acids is 1. The van der Waals surface area contributed by atoms with Gasteiger partial charge < -0.3 is 10.1 Å². The minimum absolute atomic E-state index is 0.326. The zero-order chi connectivity index (χ0) is 20.4. The number of amides is 1. The van der Waals surface area contributed by atoms with Crippen molar-refractivity contribution in [2.75, 3.05) is 23.0 Å². The molecule has 0 bridgehead atoms. The van der Waals surface area contributed by atoms with Crippen LogP contribution in [0.5, 0.6) is 5.75 Å². The van der Waals surface area contributed by atoms with E-state index in [-0.39, 0.29) is 0 Å². The maximum Gasteiger partial charge on any atom is 0.248 e. The number of benzene rings is 2. The van der Waals surface area contributed by atoms with Crippen molar-refractivity contribution in [2.24, 2.45) is 0 Å². The zero-order valence-corrected chi connectivity index (χ0v) is 17.5. The fraction of sp³-hybridized carbons (Fsp3) is 0.316. The van der Waals surface area contributed by atoms with Gasteiger partial charge in [-0.3, -0.25) is 9.10 Å². The van der Waals surface area contributed by atoms with E-state index in [1.165, 1.54) is 20.1 Å². The van der Waals surface area contributed by atoms with E-state index in [9.17, 15) is 13.2 Å². The molecule has 1 atom stereocenters. The molecule has 2 aromatic rings. The molecule has 2 aromatic carbocycles. The molecule has 0 radical (unpaired) electrons. The summed E-state index contributed by atoms with van der Waals surface area (Å²) < 4.78 is 31.1. The van der Waals surface area contributed by atoms with Crippen molar-refractivity contribution < 1.29 is 17.9 Å². The number of rotatable bonds is 6. The molecule has 0 fully saturated rings. The van der Waals surface area contributed by atoms with Crippen LogP contribution in [0, 0.1) is 13.8 Å². The van der Waals surface area contributed by atoms with Crippen LogP contribution < -0.4 is 14.4 Å². The van der Waals surface area contributed by atoms with Crippen molar-refractivity contribution in [2.45, 2.75) is 26.8 Å². The number of anilines is 2. The van der Waals surface area contributed by atoms with Crippen LogP contribution in [0.3, 0.4) is 0 Å². The molecule has 27 heavy (non-hydrogen) atoms. The van der Waals surface area contributed by atoms with E-state index < -0.39 is 22.0 Å². The number of halogens is 1. The van der Waals surface area contributed by atoms with E-state index in [1.807, 2.05) is 19.9 Å². The Kier molecular flexibility index (Phi) is 6.38. The second-order valence-electron chi connectivity index (χ2n) is 6.36. The first-order valence-corrected chi connectivity index (χ1v) is 10.5. The highest BCUT2D eigenvalue weighted by Crippen LogP contribution is 2.29. The molecule has 6 nitrogen and oxygen atoms in total. The van der Waals surface area contributed by atoms with Gasteiger partial charge >= 0.3 is 0 Å². The second-order valence-corrected chi connectivity index (χ2v) is 8.63.